The minimum absolute atomic E-state index is 0.142. The third-order valence-electron chi connectivity index (χ3n) is 4.18. The number of carbonyl (C=O) groups excluding carboxylic acids is 3. The number of fused-ring (bicyclic) bond motifs is 1. The topological polar surface area (TPSA) is 91.4 Å². The molecular formula is C22H20FNO7. The van der Waals surface area contributed by atoms with Crippen molar-refractivity contribution >= 4 is 29.6 Å². The van der Waals surface area contributed by atoms with Crippen molar-refractivity contribution in [2.24, 2.45) is 0 Å². The predicted octanol–water partition coefficient (Wildman–Crippen LogP) is 2.71. The lowest BCUT2D eigenvalue weighted by Gasteiger charge is -2.21. The van der Waals surface area contributed by atoms with Gasteiger partial charge in [-0.2, -0.15) is 0 Å². The summed E-state index contributed by atoms with van der Waals surface area (Å²) < 4.78 is 33.5. The molecule has 9 heteroatoms. The van der Waals surface area contributed by atoms with Crippen molar-refractivity contribution in [1.82, 2.24) is 0 Å². The molecule has 0 N–H and O–H groups in total. The van der Waals surface area contributed by atoms with Crippen LogP contribution in [0.1, 0.15) is 12.5 Å². The maximum atomic E-state index is 13.2. The van der Waals surface area contributed by atoms with E-state index in [0.29, 0.717) is 17.1 Å². The number of hydrogen-bond donors (Lipinski definition) is 0. The van der Waals surface area contributed by atoms with E-state index in [1.54, 1.807) is 25.1 Å². The van der Waals surface area contributed by atoms with E-state index in [1.807, 2.05) is 0 Å². The van der Waals surface area contributed by atoms with Gasteiger partial charge in [-0.05, 0) is 55.0 Å². The fraction of sp³-hybridized carbons (Fsp3) is 0.227. The van der Waals surface area contributed by atoms with Gasteiger partial charge in [0, 0.05) is 11.8 Å². The lowest BCUT2D eigenvalue weighted by molar-refractivity contribution is -0.144. The normalized spacial score (nSPS) is 11.9. The minimum Gasteiger partial charge on any atom is -0.465 e. The van der Waals surface area contributed by atoms with Crippen molar-refractivity contribution in [2.45, 2.75) is 6.92 Å². The molecule has 3 rings (SSSR count). The van der Waals surface area contributed by atoms with Crippen molar-refractivity contribution in [2.75, 3.05) is 31.5 Å². The summed E-state index contributed by atoms with van der Waals surface area (Å²) in [5.41, 5.74) is 0.953. The van der Waals surface area contributed by atoms with E-state index in [-0.39, 0.29) is 19.1 Å². The first kappa shape index (κ1) is 21.8. The van der Waals surface area contributed by atoms with Gasteiger partial charge in [0.25, 0.3) is 5.91 Å². The summed E-state index contributed by atoms with van der Waals surface area (Å²) in [7, 11) is 0. The van der Waals surface area contributed by atoms with E-state index < -0.39 is 36.8 Å². The molecule has 0 saturated heterocycles. The Morgan fingerprint density at radius 1 is 1.06 bits per heavy atom. The van der Waals surface area contributed by atoms with Gasteiger partial charge in [-0.25, -0.2) is 9.18 Å². The zero-order chi connectivity index (χ0) is 22.2. The van der Waals surface area contributed by atoms with Gasteiger partial charge in [-0.1, -0.05) is 6.07 Å². The van der Waals surface area contributed by atoms with Crippen LogP contribution in [-0.4, -0.2) is 44.4 Å². The van der Waals surface area contributed by atoms with Gasteiger partial charge in [0.05, 0.1) is 6.61 Å². The van der Waals surface area contributed by atoms with Crippen LogP contribution in [-0.2, 0) is 23.9 Å². The minimum atomic E-state index is -0.749. The lowest BCUT2D eigenvalue weighted by Crippen LogP contribution is -2.39. The number of hydrogen-bond acceptors (Lipinski definition) is 7. The van der Waals surface area contributed by atoms with Crippen molar-refractivity contribution in [1.29, 1.82) is 0 Å². The molecule has 1 aliphatic heterocycles. The Hall–Kier alpha value is -3.88. The van der Waals surface area contributed by atoms with Crippen LogP contribution in [0.4, 0.5) is 10.1 Å². The van der Waals surface area contributed by atoms with E-state index >= 15 is 0 Å². The Morgan fingerprint density at radius 3 is 2.55 bits per heavy atom. The Labute approximate surface area is 177 Å². The number of nitrogens with zero attached hydrogens (tertiary/aromatic N) is 1. The largest absolute Gasteiger partial charge is 0.465 e. The molecule has 0 atom stereocenters. The van der Waals surface area contributed by atoms with E-state index in [2.05, 4.69) is 0 Å². The number of halogens is 1. The monoisotopic (exact) mass is 429 g/mol. The second kappa shape index (κ2) is 10.2. The fourth-order valence-corrected chi connectivity index (χ4v) is 2.72. The van der Waals surface area contributed by atoms with Crippen molar-refractivity contribution < 1.29 is 37.7 Å². The van der Waals surface area contributed by atoms with Crippen LogP contribution in [0.25, 0.3) is 6.08 Å². The molecule has 0 aromatic heterocycles. The molecule has 0 aliphatic carbocycles. The van der Waals surface area contributed by atoms with Crippen molar-refractivity contribution in [3.05, 3.63) is 59.9 Å². The maximum absolute atomic E-state index is 13.2. The molecule has 8 nitrogen and oxygen atoms in total. The van der Waals surface area contributed by atoms with Crippen molar-refractivity contribution in [3.63, 3.8) is 0 Å². The summed E-state index contributed by atoms with van der Waals surface area (Å²) in [6.45, 7) is 0.910. The molecule has 2 aromatic rings. The molecule has 0 spiro atoms. The number of carbonyl (C=O) groups is 3. The molecule has 2 aromatic carbocycles. The summed E-state index contributed by atoms with van der Waals surface area (Å²) in [6.07, 6.45) is 2.67. The van der Waals surface area contributed by atoms with Crippen LogP contribution in [0.15, 0.2) is 48.5 Å². The highest BCUT2D eigenvalue weighted by molar-refractivity contribution is 5.99. The summed E-state index contributed by atoms with van der Waals surface area (Å²) in [5.74, 6) is -1.36. The zero-order valence-electron chi connectivity index (χ0n) is 16.7. The van der Waals surface area contributed by atoms with Crippen LogP contribution >= 0.6 is 0 Å². The van der Waals surface area contributed by atoms with Crippen molar-refractivity contribution in [3.8, 4) is 11.5 Å². The zero-order valence-corrected chi connectivity index (χ0v) is 16.7. The first-order valence-corrected chi connectivity index (χ1v) is 9.42. The Kier molecular flexibility index (Phi) is 7.21. The molecule has 0 unspecified atom stereocenters. The second-order valence-electron chi connectivity index (χ2n) is 6.32. The fourth-order valence-electron chi connectivity index (χ4n) is 2.72. The Morgan fingerprint density at radius 2 is 1.81 bits per heavy atom. The molecule has 0 radical (unpaired) electrons. The Balaban J connectivity index is 1.60. The first-order chi connectivity index (χ1) is 15.0. The van der Waals surface area contributed by atoms with Gasteiger partial charge in [-0.3, -0.25) is 14.5 Å². The maximum Gasteiger partial charge on any atom is 0.331 e. The first-order valence-electron chi connectivity index (χ1n) is 9.42. The van der Waals surface area contributed by atoms with Gasteiger partial charge < -0.3 is 18.9 Å². The second-order valence-corrected chi connectivity index (χ2v) is 6.32. The summed E-state index contributed by atoms with van der Waals surface area (Å²) in [6, 6.07) is 10.1. The van der Waals surface area contributed by atoms with Gasteiger partial charge in [-0.15, -0.1) is 0 Å². The lowest BCUT2D eigenvalue weighted by atomic mass is 10.2. The molecule has 0 bridgehead atoms. The van der Waals surface area contributed by atoms with Gasteiger partial charge in [0.15, 0.2) is 18.1 Å². The molecule has 1 heterocycles. The summed E-state index contributed by atoms with van der Waals surface area (Å²) in [4.78, 5) is 37.5. The number of esters is 2. The number of ether oxygens (including phenoxy) is 4. The highest BCUT2D eigenvalue weighted by atomic mass is 19.1. The molecular weight excluding hydrogens is 409 g/mol. The smallest absolute Gasteiger partial charge is 0.331 e. The average Bonchev–Trinajstić information content (AvgIpc) is 3.23. The highest BCUT2D eigenvalue weighted by Crippen LogP contribution is 2.32. The molecule has 1 aliphatic rings. The Bertz CT molecular complexity index is 988. The van der Waals surface area contributed by atoms with E-state index in [1.165, 1.54) is 24.3 Å². The van der Waals surface area contributed by atoms with E-state index in [9.17, 15) is 18.8 Å². The molecule has 0 fully saturated rings. The van der Waals surface area contributed by atoms with Crippen LogP contribution in [0.2, 0.25) is 0 Å². The average molecular weight is 429 g/mol. The molecule has 1 amide bonds. The summed E-state index contributed by atoms with van der Waals surface area (Å²) in [5, 5.41) is 0. The number of rotatable bonds is 8. The molecule has 0 saturated carbocycles. The third-order valence-corrected chi connectivity index (χ3v) is 4.18. The van der Waals surface area contributed by atoms with E-state index in [4.69, 9.17) is 18.9 Å². The summed E-state index contributed by atoms with van der Waals surface area (Å²) >= 11 is 0. The standard InChI is InChI=1S/C22H20FNO7/c1-2-28-22(27)12-24(17-7-5-16(23)6-8-17)20(25)13-29-21(26)10-4-15-3-9-18-19(11-15)31-14-30-18/h3-11H,2,12-14H2,1H3. The quantitative estimate of drug-likeness (QED) is 0.471. The molecule has 31 heavy (non-hydrogen) atoms. The van der Waals surface area contributed by atoms with E-state index in [0.717, 1.165) is 17.0 Å². The van der Waals surface area contributed by atoms with Crippen LogP contribution in [0, 0.1) is 5.82 Å². The van der Waals surface area contributed by atoms with Gasteiger partial charge >= 0.3 is 11.9 Å². The third kappa shape index (κ3) is 6.05. The van der Waals surface area contributed by atoms with Gasteiger partial charge in [0.1, 0.15) is 12.4 Å². The van der Waals surface area contributed by atoms with Crippen LogP contribution in [0.3, 0.4) is 0 Å². The predicted molar refractivity (Wildman–Crippen MR) is 108 cm³/mol. The number of anilines is 1. The van der Waals surface area contributed by atoms with Crippen LogP contribution in [0.5, 0.6) is 11.5 Å². The molecule has 162 valence electrons. The number of amides is 1. The number of benzene rings is 2. The SMILES string of the molecule is CCOC(=O)CN(C(=O)COC(=O)C=Cc1ccc2c(c1)OCO2)c1ccc(F)cc1. The van der Waals surface area contributed by atoms with Gasteiger partial charge in [0.2, 0.25) is 6.79 Å². The highest BCUT2D eigenvalue weighted by Gasteiger charge is 2.21. The van der Waals surface area contributed by atoms with Crippen LogP contribution < -0.4 is 14.4 Å².